The molecule has 3 nitrogen and oxygen atoms in total. The fourth-order valence-electron chi connectivity index (χ4n) is 2.00. The highest BCUT2D eigenvalue weighted by molar-refractivity contribution is 7.16. The summed E-state index contributed by atoms with van der Waals surface area (Å²) in [6.07, 6.45) is -2.85. The highest BCUT2D eigenvalue weighted by Crippen LogP contribution is 2.31. The van der Waals surface area contributed by atoms with E-state index in [1.807, 2.05) is 17.2 Å². The third kappa shape index (κ3) is 3.90. The van der Waals surface area contributed by atoms with Gasteiger partial charge in [-0.1, -0.05) is 5.92 Å². The van der Waals surface area contributed by atoms with Crippen LogP contribution >= 0.6 is 11.3 Å². The average molecular weight is 357 g/mol. The number of rotatable bonds is 2. The number of alkyl halides is 3. The topological polar surface area (TPSA) is 41.6 Å². The molecule has 0 bridgehead atoms. The molecule has 7 heteroatoms. The molecular weight excluding hydrogens is 347 g/mol. The van der Waals surface area contributed by atoms with E-state index in [2.05, 4.69) is 33.8 Å². The van der Waals surface area contributed by atoms with Crippen molar-refractivity contribution in [3.8, 4) is 45.5 Å². The van der Waals surface area contributed by atoms with Gasteiger partial charge in [-0.3, -0.25) is 10.1 Å². The molecule has 1 N–H and O–H groups in total. The summed E-state index contributed by atoms with van der Waals surface area (Å²) in [4.78, 5) is 6.05. The molecule has 3 aromatic rings. The molecule has 0 aromatic carbocycles. The highest BCUT2D eigenvalue weighted by Gasteiger charge is 2.33. The fraction of sp³-hybridized carbons (Fsp3) is 0.111. The molecule has 0 radical (unpaired) electrons. The summed E-state index contributed by atoms with van der Waals surface area (Å²) < 4.78 is 37.8. The third-order valence-corrected chi connectivity index (χ3v) is 4.22. The minimum atomic E-state index is -4.46. The molecule has 0 spiro atoms. The van der Waals surface area contributed by atoms with Gasteiger partial charge in [0.2, 0.25) is 0 Å². The first-order valence-corrected chi connectivity index (χ1v) is 7.91. The molecule has 3 heterocycles. The van der Waals surface area contributed by atoms with Gasteiger partial charge in [-0.25, -0.2) is 0 Å². The highest BCUT2D eigenvalue weighted by atomic mass is 32.1. The van der Waals surface area contributed by atoms with Crippen LogP contribution < -0.4 is 0 Å². The summed E-state index contributed by atoms with van der Waals surface area (Å²) >= 11 is 1.49. The van der Waals surface area contributed by atoms with E-state index in [0.717, 1.165) is 21.4 Å². The zero-order valence-electron chi connectivity index (χ0n) is 12.9. The molecule has 0 aliphatic heterocycles. The summed E-state index contributed by atoms with van der Waals surface area (Å²) in [7, 11) is 0. The Labute approximate surface area is 145 Å². The minimum absolute atomic E-state index is 0.148. The minimum Gasteiger partial charge on any atom is -0.273 e. The Kier molecular flexibility index (Phi) is 4.60. The van der Waals surface area contributed by atoms with E-state index in [4.69, 9.17) is 0 Å². The molecule has 0 saturated carbocycles. The van der Waals surface area contributed by atoms with E-state index in [9.17, 15) is 13.2 Å². The van der Waals surface area contributed by atoms with Gasteiger partial charge in [0.15, 0.2) is 0 Å². The largest absolute Gasteiger partial charge is 0.432 e. The van der Waals surface area contributed by atoms with Crippen molar-refractivity contribution in [1.29, 1.82) is 0 Å². The van der Waals surface area contributed by atoms with E-state index < -0.39 is 11.9 Å². The number of pyridine rings is 1. The van der Waals surface area contributed by atoms with Crippen LogP contribution in [0.15, 0.2) is 36.5 Å². The van der Waals surface area contributed by atoms with Crippen LogP contribution in [0.2, 0.25) is 0 Å². The number of nitrogens with one attached hydrogen (secondary N) is 1. The zero-order valence-corrected chi connectivity index (χ0v) is 13.7. The average Bonchev–Trinajstić information content (AvgIpc) is 3.25. The monoisotopic (exact) mass is 357 g/mol. The Balaban J connectivity index is 1.82. The van der Waals surface area contributed by atoms with Crippen LogP contribution in [0.5, 0.6) is 0 Å². The van der Waals surface area contributed by atoms with Crippen LogP contribution in [0.3, 0.4) is 0 Å². The van der Waals surface area contributed by atoms with Crippen molar-refractivity contribution >= 4 is 11.3 Å². The van der Waals surface area contributed by atoms with Crippen molar-refractivity contribution in [1.82, 2.24) is 15.2 Å². The quantitative estimate of drug-likeness (QED) is 0.682. The number of aromatic nitrogens is 3. The molecule has 0 amide bonds. The Morgan fingerprint density at radius 3 is 2.56 bits per heavy atom. The van der Waals surface area contributed by atoms with Gasteiger partial charge in [0.05, 0.1) is 10.6 Å². The van der Waals surface area contributed by atoms with Crippen molar-refractivity contribution in [2.45, 2.75) is 13.1 Å². The van der Waals surface area contributed by atoms with Gasteiger partial charge in [0.25, 0.3) is 0 Å². The van der Waals surface area contributed by atoms with E-state index in [0.29, 0.717) is 5.69 Å². The van der Waals surface area contributed by atoms with Gasteiger partial charge in [-0.2, -0.15) is 18.3 Å². The molecule has 25 heavy (non-hydrogen) atoms. The summed E-state index contributed by atoms with van der Waals surface area (Å²) in [6.45, 7) is 1.72. The first kappa shape index (κ1) is 16.8. The van der Waals surface area contributed by atoms with Crippen LogP contribution in [-0.2, 0) is 6.18 Å². The van der Waals surface area contributed by atoms with Gasteiger partial charge in [-0.05, 0) is 55.0 Å². The number of aromatic amines is 1. The summed E-state index contributed by atoms with van der Waals surface area (Å²) in [5, 5.41) is 5.64. The van der Waals surface area contributed by atoms with Crippen molar-refractivity contribution in [3.63, 3.8) is 0 Å². The van der Waals surface area contributed by atoms with Crippen LogP contribution in [0.1, 0.15) is 17.5 Å². The molecule has 0 unspecified atom stereocenters. The van der Waals surface area contributed by atoms with Crippen LogP contribution in [0.4, 0.5) is 13.2 Å². The SMILES string of the molecule is CC#CC#Cc1ccc(-c2ccc(-c3cc(C(F)(F)F)[nH]n3)nc2)s1. The predicted octanol–water partition coefficient (Wildman–Crippen LogP) is 4.59. The first-order valence-electron chi connectivity index (χ1n) is 7.09. The van der Waals surface area contributed by atoms with Gasteiger partial charge < -0.3 is 0 Å². The Bertz CT molecular complexity index is 1010. The molecule has 3 rings (SSSR count). The van der Waals surface area contributed by atoms with Crippen LogP contribution in [-0.4, -0.2) is 15.2 Å². The lowest BCUT2D eigenvalue weighted by Crippen LogP contribution is -2.04. The van der Waals surface area contributed by atoms with E-state index in [1.165, 1.54) is 11.3 Å². The Hall–Kier alpha value is -3.03. The Morgan fingerprint density at radius 1 is 1.08 bits per heavy atom. The van der Waals surface area contributed by atoms with Gasteiger partial charge in [0, 0.05) is 16.6 Å². The molecule has 0 fully saturated rings. The van der Waals surface area contributed by atoms with Crippen LogP contribution in [0, 0.1) is 23.7 Å². The van der Waals surface area contributed by atoms with Gasteiger partial charge in [-0.15, -0.1) is 11.3 Å². The predicted molar refractivity (Wildman–Crippen MR) is 90.5 cm³/mol. The number of hydrogen-bond acceptors (Lipinski definition) is 3. The summed E-state index contributed by atoms with van der Waals surface area (Å²) in [6, 6.07) is 8.18. The lowest BCUT2D eigenvalue weighted by molar-refractivity contribution is -0.141. The molecule has 124 valence electrons. The van der Waals surface area contributed by atoms with E-state index >= 15 is 0 Å². The lowest BCUT2D eigenvalue weighted by Gasteiger charge is -2.00. The maximum absolute atomic E-state index is 12.6. The number of nitrogens with zero attached hydrogens (tertiary/aromatic N) is 2. The van der Waals surface area contributed by atoms with Crippen molar-refractivity contribution in [2.75, 3.05) is 0 Å². The second-order valence-corrected chi connectivity index (χ2v) is 5.97. The molecule has 0 saturated heterocycles. The van der Waals surface area contributed by atoms with E-state index in [1.54, 1.807) is 25.3 Å². The smallest absolute Gasteiger partial charge is 0.273 e. The maximum atomic E-state index is 12.6. The number of thiophene rings is 1. The normalized spacial score (nSPS) is 10.6. The molecule has 0 aliphatic rings. The number of hydrogen-bond donors (Lipinski definition) is 1. The third-order valence-electron chi connectivity index (χ3n) is 3.17. The summed E-state index contributed by atoms with van der Waals surface area (Å²) in [5.74, 6) is 11.1. The van der Waals surface area contributed by atoms with Crippen molar-refractivity contribution in [3.05, 3.63) is 47.1 Å². The molecule has 0 atom stereocenters. The zero-order chi connectivity index (χ0) is 17.9. The fourth-order valence-corrected chi connectivity index (χ4v) is 2.85. The maximum Gasteiger partial charge on any atom is 0.432 e. The second-order valence-electron chi connectivity index (χ2n) is 4.89. The van der Waals surface area contributed by atoms with Crippen molar-refractivity contribution in [2.24, 2.45) is 0 Å². The number of halogens is 3. The lowest BCUT2D eigenvalue weighted by atomic mass is 10.2. The standard InChI is InChI=1S/C18H10F3N3S/c1-2-3-4-5-13-7-9-16(25-13)12-6-8-14(22-11-12)15-10-17(24-23-15)18(19,20)21/h6-11H,1H3,(H,23,24). The van der Waals surface area contributed by atoms with Gasteiger partial charge in [0.1, 0.15) is 11.4 Å². The first-order chi connectivity index (χ1) is 12.0. The van der Waals surface area contributed by atoms with Gasteiger partial charge >= 0.3 is 6.18 Å². The molecule has 3 aromatic heterocycles. The second kappa shape index (κ2) is 6.84. The summed E-state index contributed by atoms with van der Waals surface area (Å²) in [5.41, 5.74) is 0.472. The molecule has 0 aliphatic carbocycles. The van der Waals surface area contributed by atoms with Crippen LogP contribution in [0.25, 0.3) is 21.8 Å². The number of H-pyrrole nitrogens is 1. The molecular formula is C18H10F3N3S. The van der Waals surface area contributed by atoms with E-state index in [-0.39, 0.29) is 5.69 Å². The van der Waals surface area contributed by atoms with Crippen molar-refractivity contribution < 1.29 is 13.2 Å². The Morgan fingerprint density at radius 2 is 1.92 bits per heavy atom.